The van der Waals surface area contributed by atoms with Crippen molar-refractivity contribution in [1.29, 1.82) is 0 Å². The molecule has 2 aromatic rings. The second-order valence-electron chi connectivity index (χ2n) is 5.08. The molecule has 0 unspecified atom stereocenters. The maximum Gasteiger partial charge on any atom is 0.254 e. The van der Waals surface area contributed by atoms with Gasteiger partial charge in [0.1, 0.15) is 5.82 Å². The molecule has 22 heavy (non-hydrogen) atoms. The van der Waals surface area contributed by atoms with Crippen LogP contribution in [-0.4, -0.2) is 30.3 Å². The minimum Gasteiger partial charge on any atom is -0.332 e. The maximum atomic E-state index is 12.8. The number of nitrogens with zero attached hydrogens (tertiary/aromatic N) is 1. The van der Waals surface area contributed by atoms with Crippen LogP contribution in [0.5, 0.6) is 0 Å². The molecule has 2 rings (SSSR count). The number of benzene rings is 2. The van der Waals surface area contributed by atoms with E-state index in [2.05, 4.69) is 5.32 Å². The second-order valence-corrected chi connectivity index (χ2v) is 5.08. The molecule has 4 nitrogen and oxygen atoms in total. The number of carbonyl (C=O) groups is 2. The molecule has 0 aliphatic heterocycles. The van der Waals surface area contributed by atoms with Crippen LogP contribution in [0.3, 0.4) is 0 Å². The minimum absolute atomic E-state index is 0.0793. The topological polar surface area (TPSA) is 49.4 Å². The van der Waals surface area contributed by atoms with Gasteiger partial charge in [-0.15, -0.1) is 0 Å². The molecule has 0 heterocycles. The molecule has 114 valence electrons. The zero-order chi connectivity index (χ0) is 16.1. The van der Waals surface area contributed by atoms with E-state index < -0.39 is 5.82 Å². The van der Waals surface area contributed by atoms with Crippen LogP contribution < -0.4 is 5.32 Å². The van der Waals surface area contributed by atoms with Crippen molar-refractivity contribution in [3.05, 3.63) is 65.5 Å². The molecule has 0 saturated carbocycles. The lowest BCUT2D eigenvalue weighted by Gasteiger charge is -2.17. The number of likely N-dealkylation sites (N-methyl/N-ethyl adjacent to an activating group) is 1. The average molecular weight is 300 g/mol. The number of nitrogens with one attached hydrogen (secondary N) is 1. The van der Waals surface area contributed by atoms with Gasteiger partial charge in [-0.05, 0) is 43.3 Å². The summed E-state index contributed by atoms with van der Waals surface area (Å²) in [6.07, 6.45) is 0. The van der Waals surface area contributed by atoms with Crippen molar-refractivity contribution >= 4 is 17.5 Å². The highest BCUT2D eigenvalue weighted by Gasteiger charge is 2.15. The molecule has 0 aromatic heterocycles. The van der Waals surface area contributed by atoms with Crippen LogP contribution in [0.1, 0.15) is 15.9 Å². The number of carbonyl (C=O) groups excluding carboxylic acids is 2. The van der Waals surface area contributed by atoms with Crippen LogP contribution in [0.2, 0.25) is 0 Å². The van der Waals surface area contributed by atoms with Gasteiger partial charge in [0.25, 0.3) is 5.91 Å². The fraction of sp³-hybridized carbons (Fsp3) is 0.176. The van der Waals surface area contributed by atoms with E-state index in [4.69, 9.17) is 0 Å². The van der Waals surface area contributed by atoms with Crippen molar-refractivity contribution < 1.29 is 14.0 Å². The third kappa shape index (κ3) is 4.15. The molecule has 0 saturated heterocycles. The highest BCUT2D eigenvalue weighted by Crippen LogP contribution is 2.09. The van der Waals surface area contributed by atoms with E-state index in [-0.39, 0.29) is 18.4 Å². The van der Waals surface area contributed by atoms with Crippen molar-refractivity contribution in [3.63, 3.8) is 0 Å². The lowest BCUT2D eigenvalue weighted by atomic mass is 10.2. The standard InChI is InChI=1S/C17H17FN2O2/c1-12-3-9-15(10-4-12)19-16(21)11-20(2)17(22)13-5-7-14(18)8-6-13/h3-10H,11H2,1-2H3,(H,19,21). The quantitative estimate of drug-likeness (QED) is 0.944. The second kappa shape index (κ2) is 6.85. The van der Waals surface area contributed by atoms with Crippen LogP contribution in [-0.2, 0) is 4.79 Å². The van der Waals surface area contributed by atoms with Gasteiger partial charge in [0.2, 0.25) is 5.91 Å². The van der Waals surface area contributed by atoms with Gasteiger partial charge in [-0.25, -0.2) is 4.39 Å². The van der Waals surface area contributed by atoms with Crippen molar-refractivity contribution in [2.24, 2.45) is 0 Å². The first kappa shape index (κ1) is 15.7. The van der Waals surface area contributed by atoms with Crippen molar-refractivity contribution in [2.75, 3.05) is 18.9 Å². The maximum absolute atomic E-state index is 12.8. The fourth-order valence-corrected chi connectivity index (χ4v) is 1.94. The SMILES string of the molecule is Cc1ccc(NC(=O)CN(C)C(=O)c2ccc(F)cc2)cc1. The zero-order valence-corrected chi connectivity index (χ0v) is 12.5. The summed E-state index contributed by atoms with van der Waals surface area (Å²) in [4.78, 5) is 25.3. The summed E-state index contributed by atoms with van der Waals surface area (Å²) in [7, 11) is 1.53. The molecule has 2 aromatic carbocycles. The molecule has 0 aliphatic rings. The molecule has 1 N–H and O–H groups in total. The van der Waals surface area contributed by atoms with Gasteiger partial charge in [0.05, 0.1) is 6.54 Å². The Hall–Kier alpha value is -2.69. The molecule has 0 bridgehead atoms. The van der Waals surface area contributed by atoms with Crippen LogP contribution in [0.25, 0.3) is 0 Å². The molecular formula is C17H17FN2O2. The van der Waals surface area contributed by atoms with E-state index in [1.54, 1.807) is 12.1 Å². The monoisotopic (exact) mass is 300 g/mol. The van der Waals surface area contributed by atoms with Crippen LogP contribution >= 0.6 is 0 Å². The number of hydrogen-bond donors (Lipinski definition) is 1. The lowest BCUT2D eigenvalue weighted by Crippen LogP contribution is -2.34. The van der Waals surface area contributed by atoms with Gasteiger partial charge >= 0.3 is 0 Å². The zero-order valence-electron chi connectivity index (χ0n) is 12.5. The third-order valence-electron chi connectivity index (χ3n) is 3.15. The number of anilines is 1. The Bertz CT molecular complexity index is 666. The first-order valence-corrected chi connectivity index (χ1v) is 6.83. The van der Waals surface area contributed by atoms with Gasteiger partial charge in [0, 0.05) is 18.3 Å². The van der Waals surface area contributed by atoms with Gasteiger partial charge in [-0.1, -0.05) is 17.7 Å². The highest BCUT2D eigenvalue weighted by atomic mass is 19.1. The summed E-state index contributed by atoms with van der Waals surface area (Å²) in [5.41, 5.74) is 2.12. The molecule has 0 aliphatic carbocycles. The van der Waals surface area contributed by atoms with E-state index >= 15 is 0 Å². The number of rotatable bonds is 4. The van der Waals surface area contributed by atoms with Crippen molar-refractivity contribution in [1.82, 2.24) is 4.90 Å². The van der Waals surface area contributed by atoms with E-state index in [0.29, 0.717) is 11.3 Å². The van der Waals surface area contributed by atoms with Crippen LogP contribution in [0.4, 0.5) is 10.1 Å². The smallest absolute Gasteiger partial charge is 0.254 e. The number of aryl methyl sites for hydroxylation is 1. The normalized spacial score (nSPS) is 10.1. The van der Waals surface area contributed by atoms with E-state index in [0.717, 1.165) is 5.56 Å². The van der Waals surface area contributed by atoms with E-state index in [1.165, 1.54) is 36.2 Å². The minimum atomic E-state index is -0.406. The van der Waals surface area contributed by atoms with E-state index in [1.807, 2.05) is 19.1 Å². The Kier molecular flexibility index (Phi) is 4.88. The first-order chi connectivity index (χ1) is 10.5. The Balaban J connectivity index is 1.94. The number of hydrogen-bond acceptors (Lipinski definition) is 2. The molecule has 5 heteroatoms. The molecule has 0 radical (unpaired) electrons. The predicted octanol–water partition coefficient (Wildman–Crippen LogP) is 2.84. The van der Waals surface area contributed by atoms with E-state index in [9.17, 15) is 14.0 Å². The van der Waals surface area contributed by atoms with Crippen LogP contribution in [0, 0.1) is 12.7 Å². The molecule has 0 fully saturated rings. The summed E-state index contributed by atoms with van der Waals surface area (Å²) >= 11 is 0. The van der Waals surface area contributed by atoms with Gasteiger partial charge < -0.3 is 10.2 Å². The molecule has 2 amide bonds. The predicted molar refractivity (Wildman–Crippen MR) is 83.2 cm³/mol. The third-order valence-corrected chi connectivity index (χ3v) is 3.15. The Morgan fingerprint density at radius 2 is 1.64 bits per heavy atom. The molecule has 0 spiro atoms. The van der Waals surface area contributed by atoms with Gasteiger partial charge in [-0.2, -0.15) is 0 Å². The largest absolute Gasteiger partial charge is 0.332 e. The number of amides is 2. The van der Waals surface area contributed by atoms with Gasteiger partial charge in [-0.3, -0.25) is 9.59 Å². The van der Waals surface area contributed by atoms with Gasteiger partial charge in [0.15, 0.2) is 0 Å². The molecular weight excluding hydrogens is 283 g/mol. The average Bonchev–Trinajstić information content (AvgIpc) is 2.49. The van der Waals surface area contributed by atoms with Crippen molar-refractivity contribution in [2.45, 2.75) is 6.92 Å². The number of halogens is 1. The Morgan fingerprint density at radius 1 is 1.05 bits per heavy atom. The Morgan fingerprint density at radius 3 is 2.23 bits per heavy atom. The Labute approximate surface area is 128 Å². The molecule has 0 atom stereocenters. The first-order valence-electron chi connectivity index (χ1n) is 6.83. The van der Waals surface area contributed by atoms with Crippen molar-refractivity contribution in [3.8, 4) is 0 Å². The fourth-order valence-electron chi connectivity index (χ4n) is 1.94. The summed E-state index contributed by atoms with van der Waals surface area (Å²) < 4.78 is 12.8. The highest BCUT2D eigenvalue weighted by molar-refractivity contribution is 5.99. The summed E-state index contributed by atoms with van der Waals surface area (Å²) in [6.45, 7) is 1.88. The summed E-state index contributed by atoms with van der Waals surface area (Å²) in [5, 5.41) is 2.72. The summed E-state index contributed by atoms with van der Waals surface area (Å²) in [6, 6.07) is 12.6. The summed E-state index contributed by atoms with van der Waals surface area (Å²) in [5.74, 6) is -1.03. The van der Waals surface area contributed by atoms with Crippen LogP contribution in [0.15, 0.2) is 48.5 Å². The lowest BCUT2D eigenvalue weighted by molar-refractivity contribution is -0.116.